The Morgan fingerprint density at radius 3 is 2.89 bits per heavy atom. The molecule has 18 heavy (non-hydrogen) atoms. The topological polar surface area (TPSA) is 42.2 Å². The minimum atomic E-state index is -0.491. The summed E-state index contributed by atoms with van der Waals surface area (Å²) in [4.78, 5) is 8.16. The predicted molar refractivity (Wildman–Crippen MR) is 66.7 cm³/mol. The van der Waals surface area contributed by atoms with Crippen molar-refractivity contribution in [1.29, 1.82) is 0 Å². The van der Waals surface area contributed by atoms with Gasteiger partial charge in [0.05, 0.1) is 12.2 Å². The van der Waals surface area contributed by atoms with Crippen LogP contribution in [0.25, 0.3) is 5.65 Å². The van der Waals surface area contributed by atoms with Gasteiger partial charge < -0.3 is 9.72 Å². The van der Waals surface area contributed by atoms with Crippen molar-refractivity contribution in [3.8, 4) is 0 Å². The molecule has 90 valence electrons. The monoisotopic (exact) mass is 242 g/mol. The van der Waals surface area contributed by atoms with Gasteiger partial charge >= 0.3 is 0 Å². The van der Waals surface area contributed by atoms with Gasteiger partial charge in [-0.25, -0.2) is 9.97 Å². The van der Waals surface area contributed by atoms with Gasteiger partial charge in [0.2, 0.25) is 5.95 Å². The van der Waals surface area contributed by atoms with E-state index in [1.54, 1.807) is 12.1 Å². The van der Waals surface area contributed by atoms with Crippen LogP contribution in [0.5, 0.6) is 0 Å². The third kappa shape index (κ3) is 2.15. The highest BCUT2D eigenvalue weighted by atomic mass is 19.1. The second-order valence-electron chi connectivity index (χ2n) is 3.90. The van der Waals surface area contributed by atoms with E-state index < -0.39 is 5.95 Å². The molecule has 0 spiro atoms. The second kappa shape index (κ2) is 4.44. The zero-order chi connectivity index (χ0) is 12.4. The fraction of sp³-hybridized carbons (Fsp3) is 0.0769. The first kappa shape index (κ1) is 10.7. The number of aromatic nitrogens is 3. The standard InChI is InChI=1S/C13H11FN4/c14-11-4-3-5-12(17-11)15-8-10-9-18-7-2-1-6-13(18)16-10/h1-7,9H,8H2,(H,15,17). The number of hydrogen-bond acceptors (Lipinski definition) is 3. The van der Waals surface area contributed by atoms with Crippen LogP contribution < -0.4 is 5.32 Å². The fourth-order valence-corrected chi connectivity index (χ4v) is 1.76. The molecule has 0 aliphatic carbocycles. The number of rotatable bonds is 3. The Balaban J connectivity index is 1.76. The summed E-state index contributed by atoms with van der Waals surface area (Å²) in [5.74, 6) is 0.0158. The average Bonchev–Trinajstić information content (AvgIpc) is 2.79. The highest BCUT2D eigenvalue weighted by Gasteiger charge is 2.01. The SMILES string of the molecule is Fc1cccc(NCc2cn3ccccc3n2)n1. The molecule has 0 amide bonds. The highest BCUT2D eigenvalue weighted by molar-refractivity contribution is 5.41. The van der Waals surface area contributed by atoms with Crippen LogP contribution in [0.4, 0.5) is 10.2 Å². The van der Waals surface area contributed by atoms with Crippen LogP contribution in [0.3, 0.4) is 0 Å². The minimum Gasteiger partial charge on any atom is -0.364 e. The van der Waals surface area contributed by atoms with Crippen molar-refractivity contribution < 1.29 is 4.39 Å². The Bertz CT molecular complexity index is 644. The zero-order valence-corrected chi connectivity index (χ0v) is 9.55. The van der Waals surface area contributed by atoms with Gasteiger partial charge in [-0.05, 0) is 24.3 Å². The van der Waals surface area contributed by atoms with E-state index in [1.165, 1.54) is 6.07 Å². The van der Waals surface area contributed by atoms with E-state index in [4.69, 9.17) is 0 Å². The lowest BCUT2D eigenvalue weighted by Crippen LogP contribution is -2.02. The second-order valence-corrected chi connectivity index (χ2v) is 3.90. The summed E-state index contributed by atoms with van der Waals surface area (Å²) in [5, 5.41) is 3.04. The van der Waals surface area contributed by atoms with Crippen molar-refractivity contribution in [3.63, 3.8) is 0 Å². The molecule has 3 heterocycles. The molecule has 0 saturated heterocycles. The maximum absolute atomic E-state index is 12.9. The van der Waals surface area contributed by atoms with E-state index >= 15 is 0 Å². The summed E-state index contributed by atoms with van der Waals surface area (Å²) in [5.41, 5.74) is 1.77. The summed E-state index contributed by atoms with van der Waals surface area (Å²) in [6, 6.07) is 10.5. The van der Waals surface area contributed by atoms with Gasteiger partial charge in [0.25, 0.3) is 0 Å². The van der Waals surface area contributed by atoms with Gasteiger partial charge in [0.15, 0.2) is 0 Å². The maximum atomic E-state index is 12.9. The summed E-state index contributed by atoms with van der Waals surface area (Å²) in [6.07, 6.45) is 3.87. The number of nitrogens with one attached hydrogen (secondary N) is 1. The Morgan fingerprint density at radius 1 is 1.11 bits per heavy atom. The van der Waals surface area contributed by atoms with Crippen molar-refractivity contribution in [1.82, 2.24) is 14.4 Å². The third-order valence-corrected chi connectivity index (χ3v) is 2.58. The Kier molecular flexibility index (Phi) is 2.64. The van der Waals surface area contributed by atoms with Crippen molar-refractivity contribution in [3.05, 3.63) is 60.4 Å². The van der Waals surface area contributed by atoms with E-state index in [2.05, 4.69) is 15.3 Å². The van der Waals surface area contributed by atoms with Crippen molar-refractivity contribution in [2.45, 2.75) is 6.54 Å². The number of anilines is 1. The Labute approximate surface area is 103 Å². The van der Waals surface area contributed by atoms with Gasteiger partial charge in [0.1, 0.15) is 11.5 Å². The molecule has 3 aromatic heterocycles. The third-order valence-electron chi connectivity index (χ3n) is 2.58. The smallest absolute Gasteiger partial charge is 0.214 e. The maximum Gasteiger partial charge on any atom is 0.214 e. The number of halogens is 1. The van der Waals surface area contributed by atoms with Crippen LogP contribution in [0.2, 0.25) is 0 Å². The quantitative estimate of drug-likeness (QED) is 0.717. The predicted octanol–water partition coefficient (Wildman–Crippen LogP) is 2.48. The lowest BCUT2D eigenvalue weighted by Gasteiger charge is -2.02. The van der Waals surface area contributed by atoms with Crippen LogP contribution in [0.1, 0.15) is 5.69 Å². The minimum absolute atomic E-state index is 0.491. The number of hydrogen-bond donors (Lipinski definition) is 1. The van der Waals surface area contributed by atoms with Crippen LogP contribution in [-0.4, -0.2) is 14.4 Å². The molecule has 0 saturated carbocycles. The lowest BCUT2D eigenvalue weighted by molar-refractivity contribution is 0.585. The number of pyridine rings is 2. The molecule has 1 N–H and O–H groups in total. The molecule has 0 aliphatic heterocycles. The van der Waals surface area contributed by atoms with Crippen molar-refractivity contribution in [2.75, 3.05) is 5.32 Å². The molecular formula is C13H11FN4. The Morgan fingerprint density at radius 2 is 2.06 bits per heavy atom. The average molecular weight is 242 g/mol. The number of fused-ring (bicyclic) bond motifs is 1. The van der Waals surface area contributed by atoms with Gasteiger partial charge in [-0.2, -0.15) is 4.39 Å². The summed E-state index contributed by atoms with van der Waals surface area (Å²) in [6.45, 7) is 0.512. The largest absolute Gasteiger partial charge is 0.364 e. The molecule has 0 radical (unpaired) electrons. The highest BCUT2D eigenvalue weighted by Crippen LogP contribution is 2.08. The van der Waals surface area contributed by atoms with Gasteiger partial charge in [-0.1, -0.05) is 12.1 Å². The van der Waals surface area contributed by atoms with Gasteiger partial charge in [0, 0.05) is 12.4 Å². The summed E-state index contributed by atoms with van der Waals surface area (Å²) in [7, 11) is 0. The molecule has 3 aromatic rings. The summed E-state index contributed by atoms with van der Waals surface area (Å²) < 4.78 is 14.8. The van der Waals surface area contributed by atoms with Crippen LogP contribution >= 0.6 is 0 Å². The zero-order valence-electron chi connectivity index (χ0n) is 9.55. The van der Waals surface area contributed by atoms with E-state index in [0.717, 1.165) is 11.3 Å². The first-order valence-corrected chi connectivity index (χ1v) is 5.60. The molecule has 3 rings (SSSR count). The van der Waals surface area contributed by atoms with Crippen molar-refractivity contribution >= 4 is 11.5 Å². The first-order valence-electron chi connectivity index (χ1n) is 5.60. The number of nitrogens with zero attached hydrogens (tertiary/aromatic N) is 3. The van der Waals surface area contributed by atoms with Gasteiger partial charge in [-0.15, -0.1) is 0 Å². The van der Waals surface area contributed by atoms with E-state index in [0.29, 0.717) is 12.4 Å². The molecule has 0 atom stereocenters. The summed E-state index contributed by atoms with van der Waals surface area (Å²) >= 11 is 0. The van der Waals surface area contributed by atoms with Crippen LogP contribution in [0, 0.1) is 5.95 Å². The van der Waals surface area contributed by atoms with Crippen molar-refractivity contribution in [2.24, 2.45) is 0 Å². The lowest BCUT2D eigenvalue weighted by atomic mass is 10.4. The van der Waals surface area contributed by atoms with E-state index in [-0.39, 0.29) is 0 Å². The molecule has 5 heteroatoms. The molecule has 0 fully saturated rings. The molecule has 4 nitrogen and oxygen atoms in total. The normalized spacial score (nSPS) is 10.7. The van der Waals surface area contributed by atoms with Crippen LogP contribution in [0.15, 0.2) is 48.8 Å². The molecule has 0 aromatic carbocycles. The van der Waals surface area contributed by atoms with Crippen LogP contribution in [-0.2, 0) is 6.54 Å². The fourth-order valence-electron chi connectivity index (χ4n) is 1.76. The molecule has 0 aliphatic rings. The molecule has 0 unspecified atom stereocenters. The van der Waals surface area contributed by atoms with E-state index in [9.17, 15) is 4.39 Å². The van der Waals surface area contributed by atoms with Gasteiger partial charge in [-0.3, -0.25) is 0 Å². The van der Waals surface area contributed by atoms with E-state index in [1.807, 2.05) is 35.0 Å². The Hall–Kier alpha value is -2.43. The molecular weight excluding hydrogens is 231 g/mol. The number of imidazole rings is 1. The molecule has 0 bridgehead atoms. The first-order chi connectivity index (χ1) is 8.81.